The second-order valence-electron chi connectivity index (χ2n) is 4.93. The summed E-state index contributed by atoms with van der Waals surface area (Å²) in [4.78, 5) is 8.96. The summed E-state index contributed by atoms with van der Waals surface area (Å²) in [5.41, 5.74) is 4.06. The first-order valence-corrected chi connectivity index (χ1v) is 6.90. The van der Waals surface area contributed by atoms with Crippen LogP contribution >= 0.6 is 0 Å². The van der Waals surface area contributed by atoms with Gasteiger partial charge in [0.05, 0.1) is 17.8 Å². The van der Waals surface area contributed by atoms with Crippen molar-refractivity contribution < 1.29 is 0 Å². The van der Waals surface area contributed by atoms with Crippen LogP contribution in [0.15, 0.2) is 67.1 Å². The largest absolute Gasteiger partial charge is 0.379 e. The second kappa shape index (κ2) is 4.90. The van der Waals surface area contributed by atoms with Gasteiger partial charge in [0.2, 0.25) is 0 Å². The SMILES string of the molecule is c1cc(NCc2cn3ccccc3n2)c2cccnc2c1. The average Bonchev–Trinajstić information content (AvgIpc) is 2.96. The molecule has 102 valence electrons. The first-order valence-electron chi connectivity index (χ1n) is 6.90. The number of pyridine rings is 2. The molecule has 0 radical (unpaired) electrons. The van der Waals surface area contributed by atoms with Gasteiger partial charge in [0.15, 0.2) is 0 Å². The molecule has 0 spiro atoms. The van der Waals surface area contributed by atoms with E-state index in [4.69, 9.17) is 0 Å². The Bertz CT molecular complexity index is 872. The molecule has 4 rings (SSSR count). The number of rotatable bonds is 3. The van der Waals surface area contributed by atoms with Gasteiger partial charge in [-0.25, -0.2) is 4.98 Å². The molecular weight excluding hydrogens is 260 g/mol. The molecule has 0 saturated carbocycles. The quantitative estimate of drug-likeness (QED) is 0.622. The highest BCUT2D eigenvalue weighted by molar-refractivity contribution is 5.91. The minimum Gasteiger partial charge on any atom is -0.379 e. The molecule has 3 heterocycles. The summed E-state index contributed by atoms with van der Waals surface area (Å²) in [5, 5.41) is 4.58. The van der Waals surface area contributed by atoms with E-state index in [1.54, 1.807) is 0 Å². The van der Waals surface area contributed by atoms with Gasteiger partial charge in [-0.2, -0.15) is 0 Å². The molecule has 1 N–H and O–H groups in total. The van der Waals surface area contributed by atoms with E-state index in [-0.39, 0.29) is 0 Å². The highest BCUT2D eigenvalue weighted by Gasteiger charge is 2.03. The van der Waals surface area contributed by atoms with E-state index < -0.39 is 0 Å². The van der Waals surface area contributed by atoms with Crippen LogP contribution < -0.4 is 5.32 Å². The molecular formula is C17H14N4. The predicted molar refractivity (Wildman–Crippen MR) is 84.3 cm³/mol. The Labute approximate surface area is 122 Å². The van der Waals surface area contributed by atoms with E-state index >= 15 is 0 Å². The number of anilines is 1. The Morgan fingerprint density at radius 1 is 1.00 bits per heavy atom. The van der Waals surface area contributed by atoms with Crippen LogP contribution in [0.4, 0.5) is 5.69 Å². The first-order chi connectivity index (χ1) is 10.4. The number of nitrogens with one attached hydrogen (secondary N) is 1. The Hall–Kier alpha value is -2.88. The molecule has 3 aromatic heterocycles. The van der Waals surface area contributed by atoms with Crippen molar-refractivity contribution in [1.82, 2.24) is 14.4 Å². The summed E-state index contributed by atoms with van der Waals surface area (Å²) in [6, 6.07) is 16.1. The van der Waals surface area contributed by atoms with Gasteiger partial charge >= 0.3 is 0 Å². The van der Waals surface area contributed by atoms with Crippen LogP contribution in [0.1, 0.15) is 5.69 Å². The lowest BCUT2D eigenvalue weighted by molar-refractivity contribution is 1.08. The number of aromatic nitrogens is 3. The Balaban J connectivity index is 1.63. The molecule has 0 aliphatic heterocycles. The van der Waals surface area contributed by atoms with Crippen LogP contribution in [0.2, 0.25) is 0 Å². The van der Waals surface area contributed by atoms with Crippen LogP contribution in [0.5, 0.6) is 0 Å². The van der Waals surface area contributed by atoms with Crippen molar-refractivity contribution in [3.8, 4) is 0 Å². The van der Waals surface area contributed by atoms with Crippen molar-refractivity contribution in [2.75, 3.05) is 5.32 Å². The van der Waals surface area contributed by atoms with Crippen LogP contribution in [0, 0.1) is 0 Å². The van der Waals surface area contributed by atoms with E-state index in [1.807, 2.05) is 59.4 Å². The zero-order valence-corrected chi connectivity index (χ0v) is 11.4. The monoisotopic (exact) mass is 274 g/mol. The van der Waals surface area contributed by atoms with Gasteiger partial charge in [-0.1, -0.05) is 12.1 Å². The van der Waals surface area contributed by atoms with E-state index in [2.05, 4.69) is 27.4 Å². The summed E-state index contributed by atoms with van der Waals surface area (Å²) >= 11 is 0. The molecule has 0 unspecified atom stereocenters. The van der Waals surface area contributed by atoms with Crippen molar-refractivity contribution in [1.29, 1.82) is 0 Å². The standard InChI is InChI=1S/C17H14N4/c1-2-10-21-12-13(20-17(21)8-1)11-19-16-7-3-6-15-14(16)5-4-9-18-15/h1-10,12,19H,11H2. The average molecular weight is 274 g/mol. The summed E-state index contributed by atoms with van der Waals surface area (Å²) in [6.45, 7) is 0.690. The van der Waals surface area contributed by atoms with Crippen LogP contribution in [0.3, 0.4) is 0 Å². The zero-order chi connectivity index (χ0) is 14.1. The molecule has 0 aliphatic carbocycles. The lowest BCUT2D eigenvalue weighted by Gasteiger charge is -2.07. The number of hydrogen-bond acceptors (Lipinski definition) is 3. The van der Waals surface area contributed by atoms with Crippen molar-refractivity contribution in [3.05, 3.63) is 72.8 Å². The maximum Gasteiger partial charge on any atom is 0.137 e. The number of benzene rings is 1. The lowest BCUT2D eigenvalue weighted by Crippen LogP contribution is -2.00. The van der Waals surface area contributed by atoms with Crippen molar-refractivity contribution in [2.24, 2.45) is 0 Å². The molecule has 0 amide bonds. The van der Waals surface area contributed by atoms with Crippen molar-refractivity contribution in [3.63, 3.8) is 0 Å². The summed E-state index contributed by atoms with van der Waals surface area (Å²) in [7, 11) is 0. The fourth-order valence-electron chi connectivity index (χ4n) is 2.52. The zero-order valence-electron chi connectivity index (χ0n) is 11.4. The third kappa shape index (κ3) is 2.21. The van der Waals surface area contributed by atoms with Crippen LogP contribution in [-0.4, -0.2) is 14.4 Å². The van der Waals surface area contributed by atoms with Gasteiger partial charge in [-0.3, -0.25) is 4.98 Å². The first kappa shape index (κ1) is 11.9. The molecule has 4 nitrogen and oxygen atoms in total. The minimum absolute atomic E-state index is 0.690. The third-order valence-electron chi connectivity index (χ3n) is 3.52. The van der Waals surface area contributed by atoms with Gasteiger partial charge in [-0.15, -0.1) is 0 Å². The smallest absolute Gasteiger partial charge is 0.137 e. The fraction of sp³-hybridized carbons (Fsp3) is 0.0588. The minimum atomic E-state index is 0.690. The number of imidazole rings is 1. The summed E-state index contributed by atoms with van der Waals surface area (Å²) < 4.78 is 2.03. The highest BCUT2D eigenvalue weighted by Crippen LogP contribution is 2.21. The van der Waals surface area contributed by atoms with Crippen molar-refractivity contribution >= 4 is 22.2 Å². The van der Waals surface area contributed by atoms with Gasteiger partial charge in [0, 0.05) is 29.7 Å². The third-order valence-corrected chi connectivity index (χ3v) is 3.52. The molecule has 21 heavy (non-hydrogen) atoms. The molecule has 1 aromatic carbocycles. The topological polar surface area (TPSA) is 42.2 Å². The molecule has 0 saturated heterocycles. The van der Waals surface area contributed by atoms with Crippen LogP contribution in [0.25, 0.3) is 16.6 Å². The number of hydrogen-bond donors (Lipinski definition) is 1. The van der Waals surface area contributed by atoms with Crippen LogP contribution in [-0.2, 0) is 6.54 Å². The molecule has 0 atom stereocenters. The Kier molecular flexibility index (Phi) is 2.78. The van der Waals surface area contributed by atoms with E-state index in [0.29, 0.717) is 6.54 Å². The van der Waals surface area contributed by atoms with Gasteiger partial charge in [0.1, 0.15) is 5.65 Å². The van der Waals surface area contributed by atoms with E-state index in [1.165, 1.54) is 0 Å². The van der Waals surface area contributed by atoms with Gasteiger partial charge in [0.25, 0.3) is 0 Å². The lowest BCUT2D eigenvalue weighted by atomic mass is 10.2. The number of fused-ring (bicyclic) bond motifs is 2. The molecule has 0 fully saturated rings. The molecule has 0 aliphatic rings. The normalized spacial score (nSPS) is 11.0. The summed E-state index contributed by atoms with van der Waals surface area (Å²) in [5.74, 6) is 0. The molecule has 0 bridgehead atoms. The van der Waals surface area contributed by atoms with E-state index in [9.17, 15) is 0 Å². The Morgan fingerprint density at radius 2 is 2.00 bits per heavy atom. The van der Waals surface area contributed by atoms with Gasteiger partial charge in [-0.05, 0) is 36.4 Å². The van der Waals surface area contributed by atoms with Gasteiger partial charge < -0.3 is 9.72 Å². The number of nitrogens with zero attached hydrogens (tertiary/aromatic N) is 3. The Morgan fingerprint density at radius 3 is 2.95 bits per heavy atom. The summed E-state index contributed by atoms with van der Waals surface area (Å²) in [6.07, 6.45) is 5.87. The predicted octanol–water partition coefficient (Wildman–Crippen LogP) is 3.49. The molecule has 4 heteroatoms. The molecule has 4 aromatic rings. The van der Waals surface area contributed by atoms with E-state index in [0.717, 1.165) is 27.9 Å². The van der Waals surface area contributed by atoms with Crippen molar-refractivity contribution in [2.45, 2.75) is 6.54 Å². The maximum atomic E-state index is 4.59. The highest BCUT2D eigenvalue weighted by atomic mass is 15.0. The second-order valence-corrected chi connectivity index (χ2v) is 4.93. The fourth-order valence-corrected chi connectivity index (χ4v) is 2.52. The maximum absolute atomic E-state index is 4.59.